The predicted octanol–water partition coefficient (Wildman–Crippen LogP) is 1.75. The van der Waals surface area contributed by atoms with Gasteiger partial charge in [0.1, 0.15) is 5.82 Å². The number of aryl methyl sites for hydroxylation is 1. The number of nitrogens with two attached hydrogens (primary N) is 1. The highest BCUT2D eigenvalue weighted by atomic mass is 15.2. The molecule has 4 heteroatoms. The Bertz CT molecular complexity index is 330. The minimum absolute atomic E-state index is 0.378. The lowest BCUT2D eigenvalue weighted by Crippen LogP contribution is -2.38. The van der Waals surface area contributed by atoms with E-state index in [2.05, 4.69) is 21.8 Å². The van der Waals surface area contributed by atoms with E-state index in [1.807, 2.05) is 13.0 Å². The van der Waals surface area contributed by atoms with Gasteiger partial charge in [-0.05, 0) is 33.1 Å². The minimum Gasteiger partial charge on any atom is -0.368 e. The molecule has 1 aliphatic rings. The molecule has 1 atom stereocenters. The normalized spacial score (nSPS) is 21.7. The Balaban J connectivity index is 2.27. The third-order valence-electron chi connectivity index (χ3n) is 2.96. The van der Waals surface area contributed by atoms with Crippen molar-refractivity contribution in [3.05, 3.63) is 11.8 Å². The molecular weight excluding hydrogens is 188 g/mol. The van der Waals surface area contributed by atoms with Gasteiger partial charge in [-0.15, -0.1) is 0 Å². The second-order valence-electron chi connectivity index (χ2n) is 4.26. The summed E-state index contributed by atoms with van der Waals surface area (Å²) in [5.74, 6) is 1.36. The maximum Gasteiger partial charge on any atom is 0.222 e. The van der Waals surface area contributed by atoms with Crippen LogP contribution < -0.4 is 10.6 Å². The van der Waals surface area contributed by atoms with Crippen LogP contribution in [-0.4, -0.2) is 22.6 Å². The molecule has 1 aromatic rings. The van der Waals surface area contributed by atoms with E-state index in [0.29, 0.717) is 12.0 Å². The molecule has 1 unspecified atom stereocenters. The van der Waals surface area contributed by atoms with Crippen molar-refractivity contribution < 1.29 is 0 Å². The summed E-state index contributed by atoms with van der Waals surface area (Å²) in [5, 5.41) is 0. The number of nitrogens with zero attached hydrogens (tertiary/aromatic N) is 3. The molecule has 0 aliphatic carbocycles. The zero-order valence-corrected chi connectivity index (χ0v) is 9.40. The topological polar surface area (TPSA) is 55.0 Å². The number of hydrogen-bond donors (Lipinski definition) is 1. The van der Waals surface area contributed by atoms with Crippen LogP contribution in [0, 0.1) is 6.92 Å². The van der Waals surface area contributed by atoms with Gasteiger partial charge in [0, 0.05) is 24.3 Å². The van der Waals surface area contributed by atoms with Crippen molar-refractivity contribution in [2.45, 2.75) is 39.2 Å². The number of rotatable bonds is 1. The molecule has 1 aliphatic heterocycles. The average molecular weight is 206 g/mol. The monoisotopic (exact) mass is 206 g/mol. The molecule has 1 fully saturated rings. The van der Waals surface area contributed by atoms with E-state index in [1.165, 1.54) is 19.3 Å². The van der Waals surface area contributed by atoms with Crippen LogP contribution in [0.3, 0.4) is 0 Å². The van der Waals surface area contributed by atoms with Crippen LogP contribution in [-0.2, 0) is 0 Å². The summed E-state index contributed by atoms with van der Waals surface area (Å²) in [4.78, 5) is 10.7. The SMILES string of the molecule is Cc1cc(N2CCCCC2C)nc(N)n1. The van der Waals surface area contributed by atoms with Crippen LogP contribution in [0.25, 0.3) is 0 Å². The molecule has 1 saturated heterocycles. The molecule has 2 N–H and O–H groups in total. The molecule has 0 aromatic carbocycles. The zero-order valence-electron chi connectivity index (χ0n) is 9.40. The van der Waals surface area contributed by atoms with E-state index >= 15 is 0 Å². The van der Waals surface area contributed by atoms with Gasteiger partial charge in [-0.25, -0.2) is 4.98 Å². The number of aromatic nitrogens is 2. The molecule has 0 spiro atoms. The largest absolute Gasteiger partial charge is 0.368 e. The van der Waals surface area contributed by atoms with Gasteiger partial charge in [0.15, 0.2) is 0 Å². The Morgan fingerprint density at radius 3 is 2.87 bits per heavy atom. The van der Waals surface area contributed by atoms with Gasteiger partial charge in [-0.3, -0.25) is 0 Å². The Kier molecular flexibility index (Phi) is 2.75. The van der Waals surface area contributed by atoms with Gasteiger partial charge < -0.3 is 10.6 Å². The summed E-state index contributed by atoms with van der Waals surface area (Å²) >= 11 is 0. The summed E-state index contributed by atoms with van der Waals surface area (Å²) in [6.45, 7) is 5.28. The fourth-order valence-electron chi connectivity index (χ4n) is 2.16. The van der Waals surface area contributed by atoms with E-state index in [-0.39, 0.29) is 0 Å². The van der Waals surface area contributed by atoms with Gasteiger partial charge in [0.05, 0.1) is 0 Å². The maximum atomic E-state index is 5.66. The average Bonchev–Trinajstić information content (AvgIpc) is 2.16. The first kappa shape index (κ1) is 10.2. The fraction of sp³-hybridized carbons (Fsp3) is 0.636. The van der Waals surface area contributed by atoms with Gasteiger partial charge >= 0.3 is 0 Å². The second-order valence-corrected chi connectivity index (χ2v) is 4.26. The molecule has 0 amide bonds. The molecule has 2 heterocycles. The highest BCUT2D eigenvalue weighted by Gasteiger charge is 2.19. The van der Waals surface area contributed by atoms with Gasteiger partial charge in [0.25, 0.3) is 0 Å². The van der Waals surface area contributed by atoms with Crippen LogP contribution in [0.5, 0.6) is 0 Å². The highest BCUT2D eigenvalue weighted by molar-refractivity contribution is 5.44. The Morgan fingerprint density at radius 2 is 2.20 bits per heavy atom. The zero-order chi connectivity index (χ0) is 10.8. The van der Waals surface area contributed by atoms with Crippen LogP contribution >= 0.6 is 0 Å². The number of nitrogen functional groups attached to an aromatic ring is 1. The highest BCUT2D eigenvalue weighted by Crippen LogP contribution is 2.23. The molecule has 0 saturated carbocycles. The van der Waals surface area contributed by atoms with Crippen LogP contribution in [0.1, 0.15) is 31.9 Å². The van der Waals surface area contributed by atoms with Crippen molar-refractivity contribution in [2.75, 3.05) is 17.2 Å². The summed E-state index contributed by atoms with van der Waals surface area (Å²) in [6.07, 6.45) is 3.80. The molecule has 0 radical (unpaired) electrons. The first-order valence-corrected chi connectivity index (χ1v) is 5.54. The van der Waals surface area contributed by atoms with E-state index < -0.39 is 0 Å². The first-order chi connectivity index (χ1) is 7.16. The molecular formula is C11H18N4. The maximum absolute atomic E-state index is 5.66. The quantitative estimate of drug-likeness (QED) is 0.760. The molecule has 15 heavy (non-hydrogen) atoms. The number of anilines is 2. The van der Waals surface area contributed by atoms with Gasteiger partial charge in [-0.1, -0.05) is 0 Å². The van der Waals surface area contributed by atoms with Crippen molar-refractivity contribution in [1.29, 1.82) is 0 Å². The molecule has 0 bridgehead atoms. The predicted molar refractivity (Wildman–Crippen MR) is 61.8 cm³/mol. The van der Waals surface area contributed by atoms with E-state index in [0.717, 1.165) is 18.1 Å². The Morgan fingerprint density at radius 1 is 1.40 bits per heavy atom. The minimum atomic E-state index is 0.378. The van der Waals surface area contributed by atoms with E-state index in [1.54, 1.807) is 0 Å². The fourth-order valence-corrected chi connectivity index (χ4v) is 2.16. The Labute approximate surface area is 90.5 Å². The third kappa shape index (κ3) is 2.19. The van der Waals surface area contributed by atoms with Crippen molar-refractivity contribution >= 4 is 11.8 Å². The Hall–Kier alpha value is -1.32. The second kappa shape index (κ2) is 4.04. The van der Waals surface area contributed by atoms with Gasteiger partial charge in [0.2, 0.25) is 5.95 Å². The van der Waals surface area contributed by atoms with Crippen LogP contribution in [0.15, 0.2) is 6.07 Å². The van der Waals surface area contributed by atoms with E-state index in [4.69, 9.17) is 5.73 Å². The van der Waals surface area contributed by atoms with Crippen LogP contribution in [0.4, 0.5) is 11.8 Å². The number of hydrogen-bond acceptors (Lipinski definition) is 4. The summed E-state index contributed by atoms with van der Waals surface area (Å²) in [5.41, 5.74) is 6.60. The molecule has 4 nitrogen and oxygen atoms in total. The van der Waals surface area contributed by atoms with Crippen molar-refractivity contribution in [3.8, 4) is 0 Å². The third-order valence-corrected chi connectivity index (χ3v) is 2.96. The lowest BCUT2D eigenvalue weighted by atomic mass is 10.0. The van der Waals surface area contributed by atoms with Crippen LogP contribution in [0.2, 0.25) is 0 Å². The lowest BCUT2D eigenvalue weighted by Gasteiger charge is -2.34. The van der Waals surface area contributed by atoms with Gasteiger partial charge in [-0.2, -0.15) is 4.98 Å². The lowest BCUT2D eigenvalue weighted by molar-refractivity contribution is 0.481. The van der Waals surface area contributed by atoms with E-state index in [9.17, 15) is 0 Å². The smallest absolute Gasteiger partial charge is 0.222 e. The molecule has 82 valence electrons. The van der Waals surface area contributed by atoms with Crippen molar-refractivity contribution in [2.24, 2.45) is 0 Å². The number of piperidine rings is 1. The molecule has 1 aromatic heterocycles. The summed E-state index contributed by atoms with van der Waals surface area (Å²) < 4.78 is 0. The standard InChI is InChI=1S/C11H18N4/c1-8-7-10(14-11(12)13-8)15-6-4-3-5-9(15)2/h7,9H,3-6H2,1-2H3,(H2,12,13,14). The summed E-state index contributed by atoms with van der Waals surface area (Å²) in [7, 11) is 0. The molecule has 2 rings (SSSR count). The summed E-state index contributed by atoms with van der Waals surface area (Å²) in [6, 6.07) is 2.57. The van der Waals surface area contributed by atoms with Crippen molar-refractivity contribution in [1.82, 2.24) is 9.97 Å². The van der Waals surface area contributed by atoms with Crippen molar-refractivity contribution in [3.63, 3.8) is 0 Å². The first-order valence-electron chi connectivity index (χ1n) is 5.54.